The van der Waals surface area contributed by atoms with E-state index in [2.05, 4.69) is 77.8 Å². The quantitative estimate of drug-likeness (QED) is 0.120. The Morgan fingerprint density at radius 2 is 1.86 bits per heavy atom. The highest BCUT2D eigenvalue weighted by Gasteiger charge is 2.26. The molecule has 222 valence electrons. The molecule has 12 nitrogen and oxygen atoms in total. The summed E-state index contributed by atoms with van der Waals surface area (Å²) in [6.07, 6.45) is 27.8. The third-order valence-electron chi connectivity index (χ3n) is 6.05. The molecule has 14 heteroatoms. The number of hydrogen-bond donors (Lipinski definition) is 4. The predicted molar refractivity (Wildman–Crippen MR) is 166 cm³/mol. The van der Waals surface area contributed by atoms with Crippen molar-refractivity contribution in [2.75, 3.05) is 28.6 Å². The van der Waals surface area contributed by atoms with Crippen molar-refractivity contribution in [2.24, 2.45) is 0 Å². The van der Waals surface area contributed by atoms with Crippen LogP contribution in [0.2, 0.25) is 5.02 Å². The second-order valence-electron chi connectivity index (χ2n) is 8.95. The SMILES string of the molecule is C#C.C#C.Clc1cn[nH]c1.O=CNc1ccc(F)nc1.c1cc2c(Nc3cc(C4CC4)[nH]n3)nc(N3CCCC3)nn2c1. The standard InChI is InChI=1S/C16H19N7.C6H5FN2O.C3H3ClN2.2C2H2/c1-2-8-22(7-1)16-18-15(13-4-3-9-23(13)21-16)17-14-10-12(19-20-14)11-5-6-11;7-6-2-1-5(3-8-6)9-4-10;4-3-1-5-6-2-3;2*1-2/h3-4,9-11H,1-2,5-8H2,(H2,17,18,19,20,21);1-4H,(H,9,10);1-2H,(H,5,6);2*1-2H. The lowest BCUT2D eigenvalue weighted by atomic mass is 10.3. The fourth-order valence-corrected chi connectivity index (χ4v) is 4.05. The monoisotopic (exact) mass is 603 g/mol. The van der Waals surface area contributed by atoms with Crippen molar-refractivity contribution in [1.82, 2.24) is 40.0 Å². The Morgan fingerprint density at radius 3 is 2.44 bits per heavy atom. The van der Waals surface area contributed by atoms with Crippen LogP contribution < -0.4 is 15.5 Å². The molecule has 6 heterocycles. The van der Waals surface area contributed by atoms with E-state index in [1.165, 1.54) is 49.7 Å². The Kier molecular flexibility index (Phi) is 12.5. The van der Waals surface area contributed by atoms with E-state index in [0.29, 0.717) is 23.0 Å². The maximum Gasteiger partial charge on any atom is 0.245 e. The molecule has 0 aromatic carbocycles. The van der Waals surface area contributed by atoms with E-state index >= 15 is 0 Å². The smallest absolute Gasteiger partial charge is 0.245 e. The van der Waals surface area contributed by atoms with Gasteiger partial charge in [-0.1, -0.05) is 11.6 Å². The highest BCUT2D eigenvalue weighted by molar-refractivity contribution is 6.30. The van der Waals surface area contributed by atoms with Gasteiger partial charge < -0.3 is 15.5 Å². The van der Waals surface area contributed by atoms with E-state index in [-0.39, 0.29) is 0 Å². The minimum atomic E-state index is -0.559. The van der Waals surface area contributed by atoms with Crippen LogP contribution in [-0.2, 0) is 4.79 Å². The van der Waals surface area contributed by atoms with E-state index in [1.807, 2.05) is 22.8 Å². The van der Waals surface area contributed by atoms with E-state index in [0.717, 1.165) is 36.2 Å². The Hall–Kier alpha value is -5.40. The lowest BCUT2D eigenvalue weighted by Crippen LogP contribution is -2.22. The predicted octanol–water partition coefficient (Wildman–Crippen LogP) is 5.02. The summed E-state index contributed by atoms with van der Waals surface area (Å²) in [5.41, 5.74) is 2.66. The Bertz CT molecular complexity index is 1560. The molecule has 4 N–H and O–H groups in total. The molecular formula is C29H31ClFN11O. The molecule has 1 saturated carbocycles. The summed E-state index contributed by atoms with van der Waals surface area (Å²) >= 11 is 5.36. The van der Waals surface area contributed by atoms with Gasteiger partial charge in [-0.2, -0.15) is 19.6 Å². The molecule has 1 aliphatic carbocycles. The van der Waals surface area contributed by atoms with Crippen LogP contribution in [-0.4, -0.2) is 59.5 Å². The maximum atomic E-state index is 12.1. The number of halogens is 2. The molecule has 0 spiro atoms. The largest absolute Gasteiger partial charge is 0.340 e. The van der Waals surface area contributed by atoms with Gasteiger partial charge in [0.25, 0.3) is 0 Å². The van der Waals surface area contributed by atoms with Gasteiger partial charge in [0.2, 0.25) is 18.3 Å². The van der Waals surface area contributed by atoms with Crippen LogP contribution in [0.5, 0.6) is 0 Å². The molecule has 0 bridgehead atoms. The van der Waals surface area contributed by atoms with Gasteiger partial charge in [-0.15, -0.1) is 30.8 Å². The lowest BCUT2D eigenvalue weighted by molar-refractivity contribution is -0.105. The first-order chi connectivity index (χ1) is 21.1. The number of H-pyrrole nitrogens is 2. The fourth-order valence-electron chi connectivity index (χ4n) is 3.96. The third kappa shape index (κ3) is 9.59. The Labute approximate surface area is 253 Å². The molecular weight excluding hydrogens is 573 g/mol. The highest BCUT2D eigenvalue weighted by Crippen LogP contribution is 2.39. The van der Waals surface area contributed by atoms with Gasteiger partial charge in [0.1, 0.15) is 5.52 Å². The summed E-state index contributed by atoms with van der Waals surface area (Å²) in [5, 5.41) is 24.6. The molecule has 1 amide bonds. The summed E-state index contributed by atoms with van der Waals surface area (Å²) in [6, 6.07) is 8.70. The third-order valence-corrected chi connectivity index (χ3v) is 6.25. The number of anilines is 4. The molecule has 43 heavy (non-hydrogen) atoms. The number of nitrogens with one attached hydrogen (secondary N) is 4. The van der Waals surface area contributed by atoms with Crippen LogP contribution >= 0.6 is 11.6 Å². The average molecular weight is 604 g/mol. The number of terminal acetylenes is 2. The molecule has 0 unspecified atom stereocenters. The number of fused-ring (bicyclic) bond motifs is 1. The zero-order chi connectivity index (χ0) is 31.0. The molecule has 2 fully saturated rings. The van der Waals surface area contributed by atoms with Gasteiger partial charge >= 0.3 is 0 Å². The van der Waals surface area contributed by atoms with Crippen LogP contribution in [0, 0.1) is 31.6 Å². The molecule has 1 saturated heterocycles. The van der Waals surface area contributed by atoms with Crippen LogP contribution in [0.1, 0.15) is 37.3 Å². The number of rotatable bonds is 6. The zero-order valence-electron chi connectivity index (χ0n) is 23.2. The molecule has 0 radical (unpaired) electrons. The van der Waals surface area contributed by atoms with Crippen LogP contribution in [0.3, 0.4) is 0 Å². The zero-order valence-corrected chi connectivity index (χ0v) is 24.0. The van der Waals surface area contributed by atoms with Crippen molar-refractivity contribution in [3.63, 3.8) is 0 Å². The first-order valence-electron chi connectivity index (χ1n) is 13.1. The van der Waals surface area contributed by atoms with Crippen molar-refractivity contribution < 1.29 is 9.18 Å². The molecule has 7 rings (SSSR count). The normalized spacial score (nSPS) is 13.0. The minimum absolute atomic E-state index is 0.483. The van der Waals surface area contributed by atoms with Gasteiger partial charge in [-0.25, -0.2) is 9.50 Å². The lowest BCUT2D eigenvalue weighted by Gasteiger charge is -2.16. The second-order valence-corrected chi connectivity index (χ2v) is 9.39. The Balaban J connectivity index is 0.000000210. The van der Waals surface area contributed by atoms with Gasteiger partial charge in [0.15, 0.2) is 11.6 Å². The van der Waals surface area contributed by atoms with Crippen LogP contribution in [0.4, 0.5) is 27.7 Å². The first-order valence-corrected chi connectivity index (χ1v) is 13.5. The summed E-state index contributed by atoms with van der Waals surface area (Å²) in [4.78, 5) is 20.1. The number of pyridine rings is 1. The summed E-state index contributed by atoms with van der Waals surface area (Å²) in [6.45, 7) is 2.06. The summed E-state index contributed by atoms with van der Waals surface area (Å²) < 4.78 is 14.0. The summed E-state index contributed by atoms with van der Waals surface area (Å²) in [5.74, 6) is 2.52. The number of carbonyl (C=O) groups excluding carboxylic acids is 1. The summed E-state index contributed by atoms with van der Waals surface area (Å²) in [7, 11) is 0. The van der Waals surface area contributed by atoms with Crippen LogP contribution in [0.15, 0.2) is 55.1 Å². The van der Waals surface area contributed by atoms with Crippen LogP contribution in [0.25, 0.3) is 5.52 Å². The van der Waals surface area contributed by atoms with Crippen molar-refractivity contribution in [1.29, 1.82) is 0 Å². The number of aromatic amines is 2. The Morgan fingerprint density at radius 1 is 1.09 bits per heavy atom. The minimum Gasteiger partial charge on any atom is -0.340 e. The topological polar surface area (TPSA) is 145 Å². The van der Waals surface area contributed by atoms with Gasteiger partial charge in [-0.3, -0.25) is 15.0 Å². The second kappa shape index (κ2) is 16.8. The van der Waals surface area contributed by atoms with E-state index in [9.17, 15) is 9.18 Å². The molecule has 5 aromatic heterocycles. The average Bonchev–Trinajstić information content (AvgIpc) is 3.53. The van der Waals surface area contributed by atoms with Crippen molar-refractivity contribution in [2.45, 2.75) is 31.6 Å². The number of aromatic nitrogens is 8. The highest BCUT2D eigenvalue weighted by atomic mass is 35.5. The van der Waals surface area contributed by atoms with E-state index in [4.69, 9.17) is 16.6 Å². The molecule has 5 aromatic rings. The van der Waals surface area contributed by atoms with E-state index in [1.54, 1.807) is 12.4 Å². The van der Waals surface area contributed by atoms with Gasteiger partial charge in [-0.05, 0) is 49.9 Å². The number of carbonyl (C=O) groups is 1. The molecule has 0 atom stereocenters. The van der Waals surface area contributed by atoms with Crippen molar-refractivity contribution in [3.05, 3.63) is 71.8 Å². The number of nitrogens with zero attached hydrogens (tertiary/aromatic N) is 7. The number of amides is 1. The molecule has 1 aliphatic heterocycles. The molecule has 2 aliphatic rings. The maximum absolute atomic E-state index is 12.1. The fraction of sp³-hybridized carbons (Fsp3) is 0.241. The van der Waals surface area contributed by atoms with E-state index < -0.39 is 5.95 Å². The van der Waals surface area contributed by atoms with Crippen molar-refractivity contribution >= 4 is 46.8 Å². The van der Waals surface area contributed by atoms with Crippen molar-refractivity contribution in [3.8, 4) is 25.7 Å². The van der Waals surface area contributed by atoms with Gasteiger partial charge in [0.05, 0.1) is 23.1 Å². The first kappa shape index (κ1) is 32.1. The van der Waals surface area contributed by atoms with Gasteiger partial charge in [0, 0.05) is 43.2 Å². The number of hydrogen-bond acceptors (Lipinski definition) is 8.